The van der Waals surface area contributed by atoms with Gasteiger partial charge in [-0.2, -0.15) is 0 Å². The molecule has 1 N–H and O–H groups in total. The zero-order chi connectivity index (χ0) is 38.4. The van der Waals surface area contributed by atoms with Crippen molar-refractivity contribution in [3.05, 3.63) is 150 Å². The van der Waals surface area contributed by atoms with Gasteiger partial charge in [0.05, 0.1) is 22.6 Å². The molecule has 0 spiro atoms. The Hall–Kier alpha value is -5.81. The largest absolute Gasteiger partial charge is 0.507 e. The maximum atomic E-state index is 11.1. The molecular formula is C49H50N4O. The zero-order valence-corrected chi connectivity index (χ0v) is 32.9. The number of hydrogen-bond acceptors (Lipinski definition) is 5. The fourth-order valence-electron chi connectivity index (χ4n) is 6.77. The second-order valence-electron chi connectivity index (χ2n) is 17.3. The van der Waals surface area contributed by atoms with E-state index in [2.05, 4.69) is 158 Å². The molecule has 0 fully saturated rings. The lowest BCUT2D eigenvalue weighted by molar-refractivity contribution is 0.477. The highest BCUT2D eigenvalue weighted by molar-refractivity contribution is 5.98. The van der Waals surface area contributed by atoms with Crippen molar-refractivity contribution in [1.82, 2.24) is 15.0 Å². The van der Waals surface area contributed by atoms with Crippen LogP contribution < -0.4 is 4.90 Å². The SMILES string of the molecule is CC(C)(C)c1cc(-c2cc(-c3cc(C(C)(C)C)cc(C(C)(C)C)c3)nc(-c3ccccc3O)n2)cc(N(c2ccccn2)c2cccc3ccccc23)c1. The second-order valence-corrected chi connectivity index (χ2v) is 17.3. The van der Waals surface area contributed by atoms with Crippen LogP contribution in [0.15, 0.2) is 134 Å². The van der Waals surface area contributed by atoms with Gasteiger partial charge in [0.1, 0.15) is 11.6 Å². The van der Waals surface area contributed by atoms with Gasteiger partial charge in [-0.3, -0.25) is 4.90 Å². The van der Waals surface area contributed by atoms with E-state index in [0.717, 1.165) is 56.0 Å². The number of phenolic OH excluding ortho intramolecular Hbond substituents is 1. The van der Waals surface area contributed by atoms with Crippen LogP contribution >= 0.6 is 0 Å². The summed E-state index contributed by atoms with van der Waals surface area (Å²) < 4.78 is 0. The molecule has 0 bridgehead atoms. The fraction of sp³-hybridized carbons (Fsp3) is 0.245. The fourth-order valence-corrected chi connectivity index (χ4v) is 6.77. The lowest BCUT2D eigenvalue weighted by atomic mass is 9.79. The Labute approximate surface area is 320 Å². The summed E-state index contributed by atoms with van der Waals surface area (Å²) in [5, 5.41) is 13.4. The maximum Gasteiger partial charge on any atom is 0.164 e. The third kappa shape index (κ3) is 7.49. The van der Waals surface area contributed by atoms with Gasteiger partial charge in [0.25, 0.3) is 0 Å². The number of nitrogens with zero attached hydrogens (tertiary/aromatic N) is 4. The molecule has 5 nitrogen and oxygen atoms in total. The molecule has 2 heterocycles. The van der Waals surface area contributed by atoms with Gasteiger partial charge in [-0.1, -0.05) is 123 Å². The van der Waals surface area contributed by atoms with Crippen molar-refractivity contribution < 1.29 is 5.11 Å². The Morgan fingerprint density at radius 3 is 1.69 bits per heavy atom. The Morgan fingerprint density at radius 2 is 1.07 bits per heavy atom. The number of pyridine rings is 1. The molecule has 0 saturated heterocycles. The van der Waals surface area contributed by atoms with Crippen LogP contribution in [0.3, 0.4) is 0 Å². The predicted molar refractivity (Wildman–Crippen MR) is 226 cm³/mol. The lowest BCUT2D eigenvalue weighted by Gasteiger charge is -2.29. The summed E-state index contributed by atoms with van der Waals surface area (Å²) in [7, 11) is 0. The monoisotopic (exact) mass is 710 g/mol. The van der Waals surface area contributed by atoms with E-state index in [1.165, 1.54) is 11.1 Å². The minimum Gasteiger partial charge on any atom is -0.507 e. The van der Waals surface area contributed by atoms with Crippen LogP contribution in [0, 0.1) is 0 Å². The summed E-state index contributed by atoms with van der Waals surface area (Å²) >= 11 is 0. The highest BCUT2D eigenvalue weighted by atomic mass is 16.3. The lowest BCUT2D eigenvalue weighted by Crippen LogP contribution is -2.16. The Balaban J connectivity index is 1.52. The zero-order valence-electron chi connectivity index (χ0n) is 32.9. The molecule has 0 aliphatic heterocycles. The van der Waals surface area contributed by atoms with Crippen LogP contribution in [0.25, 0.3) is 44.7 Å². The van der Waals surface area contributed by atoms with Crippen molar-refractivity contribution >= 4 is 28.0 Å². The van der Waals surface area contributed by atoms with E-state index in [9.17, 15) is 5.11 Å². The second kappa shape index (κ2) is 13.9. The number of aromatic nitrogens is 3. The van der Waals surface area contributed by atoms with Gasteiger partial charge >= 0.3 is 0 Å². The standard InChI is InChI=1S/C49H50N4O/c1-47(2,3)35-25-33(26-36(29-35)48(4,5)6)41-31-42(52-46(51-41)40-20-12-13-22-44(40)54)34-27-37(49(7,8)9)30-38(28-34)53(45-23-14-15-24-50-45)43-21-16-18-32-17-10-11-19-39(32)43/h10-31,54H,1-9H3. The van der Waals surface area contributed by atoms with Crippen LogP contribution in [0.4, 0.5) is 17.2 Å². The van der Waals surface area contributed by atoms with Crippen LogP contribution in [-0.2, 0) is 16.2 Å². The molecule has 0 saturated carbocycles. The van der Waals surface area contributed by atoms with Crippen molar-refractivity contribution in [3.8, 4) is 39.7 Å². The first kappa shape index (κ1) is 36.5. The molecule has 7 rings (SSSR count). The summed E-state index contributed by atoms with van der Waals surface area (Å²) in [5.74, 6) is 1.43. The molecule has 0 amide bonds. The minimum absolute atomic E-state index is 0.0706. The third-order valence-electron chi connectivity index (χ3n) is 10.1. The van der Waals surface area contributed by atoms with Gasteiger partial charge < -0.3 is 5.11 Å². The van der Waals surface area contributed by atoms with Crippen LogP contribution in [0.1, 0.15) is 79.0 Å². The Bertz CT molecular complexity index is 2430. The molecule has 2 aromatic heterocycles. The number of hydrogen-bond donors (Lipinski definition) is 1. The summed E-state index contributed by atoms with van der Waals surface area (Å²) in [6.45, 7) is 20.2. The van der Waals surface area contributed by atoms with Crippen molar-refractivity contribution in [3.63, 3.8) is 0 Å². The molecule has 0 aliphatic carbocycles. The summed E-state index contributed by atoms with van der Waals surface area (Å²) in [6, 6.07) is 43.9. The highest BCUT2D eigenvalue weighted by Gasteiger charge is 2.25. The van der Waals surface area contributed by atoms with E-state index < -0.39 is 0 Å². The molecule has 0 unspecified atom stereocenters. The van der Waals surface area contributed by atoms with Gasteiger partial charge in [-0.15, -0.1) is 0 Å². The topological polar surface area (TPSA) is 62.1 Å². The molecule has 272 valence electrons. The highest BCUT2D eigenvalue weighted by Crippen LogP contribution is 2.43. The smallest absolute Gasteiger partial charge is 0.164 e. The molecule has 7 aromatic rings. The van der Waals surface area contributed by atoms with Gasteiger partial charge in [0.2, 0.25) is 0 Å². The first-order valence-corrected chi connectivity index (χ1v) is 18.7. The van der Waals surface area contributed by atoms with E-state index >= 15 is 0 Å². The average molecular weight is 711 g/mol. The molecule has 0 aliphatic rings. The van der Waals surface area contributed by atoms with E-state index in [1.54, 1.807) is 6.07 Å². The number of phenols is 1. The third-order valence-corrected chi connectivity index (χ3v) is 10.1. The molecular weight excluding hydrogens is 661 g/mol. The quantitative estimate of drug-likeness (QED) is 0.186. The Morgan fingerprint density at radius 1 is 0.519 bits per heavy atom. The van der Waals surface area contributed by atoms with Gasteiger partial charge in [-0.05, 0) is 105 Å². The number of rotatable bonds is 6. The van der Waals surface area contributed by atoms with E-state index in [1.807, 2.05) is 36.5 Å². The molecule has 5 heteroatoms. The number of fused-ring (bicyclic) bond motifs is 1. The first-order valence-electron chi connectivity index (χ1n) is 18.7. The van der Waals surface area contributed by atoms with Crippen molar-refractivity contribution in [2.45, 2.75) is 78.6 Å². The van der Waals surface area contributed by atoms with E-state index in [-0.39, 0.29) is 22.0 Å². The first-order chi connectivity index (χ1) is 25.6. The van der Waals surface area contributed by atoms with E-state index in [0.29, 0.717) is 11.4 Å². The van der Waals surface area contributed by atoms with Crippen molar-refractivity contribution in [2.24, 2.45) is 0 Å². The summed E-state index contributed by atoms with van der Waals surface area (Å²) in [6.07, 6.45) is 1.84. The van der Waals surface area contributed by atoms with Gasteiger partial charge in [-0.25, -0.2) is 15.0 Å². The van der Waals surface area contributed by atoms with Crippen LogP contribution in [0.2, 0.25) is 0 Å². The number of benzene rings is 5. The van der Waals surface area contributed by atoms with E-state index in [4.69, 9.17) is 15.0 Å². The summed E-state index contributed by atoms with van der Waals surface area (Å²) in [4.78, 5) is 17.5. The van der Waals surface area contributed by atoms with Crippen molar-refractivity contribution in [2.75, 3.05) is 4.90 Å². The number of aromatic hydroxyl groups is 1. The normalized spacial score (nSPS) is 12.2. The Kier molecular flexibility index (Phi) is 9.39. The molecule has 5 aromatic carbocycles. The number of para-hydroxylation sites is 1. The molecule has 0 radical (unpaired) electrons. The van der Waals surface area contributed by atoms with Gasteiger partial charge in [0, 0.05) is 28.4 Å². The van der Waals surface area contributed by atoms with Gasteiger partial charge in [0.15, 0.2) is 5.82 Å². The average Bonchev–Trinajstić information content (AvgIpc) is 3.14. The molecule has 0 atom stereocenters. The van der Waals surface area contributed by atoms with Crippen LogP contribution in [-0.4, -0.2) is 20.1 Å². The predicted octanol–water partition coefficient (Wildman–Crippen LogP) is 13.1. The summed E-state index contributed by atoms with van der Waals surface area (Å²) in [5.41, 5.74) is 9.45. The van der Waals surface area contributed by atoms with Crippen molar-refractivity contribution in [1.29, 1.82) is 0 Å². The maximum absolute atomic E-state index is 11.1. The number of anilines is 3. The van der Waals surface area contributed by atoms with Crippen LogP contribution in [0.5, 0.6) is 5.75 Å². The molecule has 54 heavy (non-hydrogen) atoms. The minimum atomic E-state index is -0.182.